The lowest BCUT2D eigenvalue weighted by atomic mass is 9.99. The Bertz CT molecular complexity index is 316. The summed E-state index contributed by atoms with van der Waals surface area (Å²) in [6, 6.07) is 2.58. The highest BCUT2D eigenvalue weighted by atomic mass is 19.2. The van der Waals surface area contributed by atoms with E-state index in [2.05, 4.69) is 13.8 Å². The highest BCUT2D eigenvalue weighted by Crippen LogP contribution is 2.17. The fraction of sp³-hybridized carbons (Fsp3) is 0.500. The second-order valence-electron chi connectivity index (χ2n) is 4.13. The van der Waals surface area contributed by atoms with Crippen LogP contribution >= 0.6 is 0 Å². The fourth-order valence-electron chi connectivity index (χ4n) is 1.40. The van der Waals surface area contributed by atoms with Crippen LogP contribution in [0.25, 0.3) is 0 Å². The smallest absolute Gasteiger partial charge is 0.159 e. The Balaban J connectivity index is 2.82. The molecule has 0 radical (unpaired) electrons. The molecule has 0 saturated carbocycles. The predicted molar refractivity (Wildman–Crippen MR) is 54.3 cm³/mol. The molecule has 0 saturated heterocycles. The first-order valence-corrected chi connectivity index (χ1v) is 4.95. The van der Waals surface area contributed by atoms with E-state index in [9.17, 15) is 8.78 Å². The van der Waals surface area contributed by atoms with Crippen LogP contribution in [0.15, 0.2) is 12.1 Å². The first-order chi connectivity index (χ1) is 6.50. The van der Waals surface area contributed by atoms with Gasteiger partial charge in [0.25, 0.3) is 0 Å². The molecular formula is C12H16F2. The van der Waals surface area contributed by atoms with Crippen molar-refractivity contribution in [3.63, 3.8) is 0 Å². The van der Waals surface area contributed by atoms with Gasteiger partial charge in [-0.25, -0.2) is 8.78 Å². The quantitative estimate of drug-likeness (QED) is 0.691. The molecule has 0 aliphatic rings. The molecule has 0 aliphatic carbocycles. The van der Waals surface area contributed by atoms with Gasteiger partial charge >= 0.3 is 0 Å². The van der Waals surface area contributed by atoms with E-state index in [1.54, 1.807) is 0 Å². The largest absolute Gasteiger partial charge is 0.204 e. The lowest BCUT2D eigenvalue weighted by Gasteiger charge is -2.08. The molecule has 0 heterocycles. The van der Waals surface area contributed by atoms with Gasteiger partial charge in [0.05, 0.1) is 0 Å². The van der Waals surface area contributed by atoms with E-state index < -0.39 is 11.6 Å². The molecule has 0 spiro atoms. The van der Waals surface area contributed by atoms with Crippen LogP contribution in [0.4, 0.5) is 8.78 Å². The van der Waals surface area contributed by atoms with Gasteiger partial charge in [-0.05, 0) is 48.9 Å². The monoisotopic (exact) mass is 198 g/mol. The van der Waals surface area contributed by atoms with Gasteiger partial charge in [-0.15, -0.1) is 0 Å². The third-order valence-corrected chi connectivity index (χ3v) is 2.37. The molecule has 14 heavy (non-hydrogen) atoms. The van der Waals surface area contributed by atoms with Crippen LogP contribution in [0, 0.1) is 24.5 Å². The Morgan fingerprint density at radius 3 is 2.29 bits per heavy atom. The van der Waals surface area contributed by atoms with Crippen molar-refractivity contribution in [1.82, 2.24) is 0 Å². The third-order valence-electron chi connectivity index (χ3n) is 2.37. The Morgan fingerprint density at radius 2 is 1.71 bits per heavy atom. The van der Waals surface area contributed by atoms with E-state index in [1.165, 1.54) is 12.1 Å². The number of rotatable bonds is 3. The maximum absolute atomic E-state index is 12.9. The van der Waals surface area contributed by atoms with Gasteiger partial charge in [0.1, 0.15) is 0 Å². The lowest BCUT2D eigenvalue weighted by Crippen LogP contribution is -1.97. The van der Waals surface area contributed by atoms with E-state index in [0.717, 1.165) is 24.0 Å². The molecule has 1 aromatic rings. The van der Waals surface area contributed by atoms with Gasteiger partial charge in [-0.3, -0.25) is 0 Å². The maximum atomic E-state index is 12.9. The van der Waals surface area contributed by atoms with Crippen molar-refractivity contribution in [2.45, 2.75) is 33.6 Å². The first kappa shape index (κ1) is 11.2. The highest BCUT2D eigenvalue weighted by molar-refractivity contribution is 5.27. The number of benzene rings is 1. The SMILES string of the molecule is Cc1cc(F)c(F)cc1CCC(C)C. The van der Waals surface area contributed by atoms with Crippen molar-refractivity contribution in [2.75, 3.05) is 0 Å². The van der Waals surface area contributed by atoms with Gasteiger partial charge in [-0.2, -0.15) is 0 Å². The zero-order valence-corrected chi connectivity index (χ0v) is 8.90. The summed E-state index contributed by atoms with van der Waals surface area (Å²) in [7, 11) is 0. The van der Waals surface area contributed by atoms with E-state index in [1.807, 2.05) is 6.92 Å². The van der Waals surface area contributed by atoms with Gasteiger partial charge in [-0.1, -0.05) is 13.8 Å². The van der Waals surface area contributed by atoms with Gasteiger partial charge in [0.15, 0.2) is 11.6 Å². The number of halogens is 2. The van der Waals surface area contributed by atoms with Crippen molar-refractivity contribution < 1.29 is 8.78 Å². The van der Waals surface area contributed by atoms with Crippen LogP contribution in [0.5, 0.6) is 0 Å². The summed E-state index contributed by atoms with van der Waals surface area (Å²) >= 11 is 0. The Hall–Kier alpha value is -0.920. The summed E-state index contributed by atoms with van der Waals surface area (Å²) in [4.78, 5) is 0. The second-order valence-corrected chi connectivity index (χ2v) is 4.13. The average Bonchev–Trinajstić information content (AvgIpc) is 2.09. The molecule has 0 amide bonds. The molecule has 0 fully saturated rings. The summed E-state index contributed by atoms with van der Waals surface area (Å²) in [5.41, 5.74) is 1.75. The third kappa shape index (κ3) is 2.79. The van der Waals surface area contributed by atoms with E-state index in [4.69, 9.17) is 0 Å². The van der Waals surface area contributed by atoms with Crippen LogP contribution in [0.3, 0.4) is 0 Å². The maximum Gasteiger partial charge on any atom is 0.159 e. The zero-order chi connectivity index (χ0) is 10.7. The average molecular weight is 198 g/mol. The van der Waals surface area contributed by atoms with Gasteiger partial charge in [0, 0.05) is 0 Å². The van der Waals surface area contributed by atoms with Crippen LogP contribution in [0.1, 0.15) is 31.4 Å². The first-order valence-electron chi connectivity index (χ1n) is 4.95. The number of aryl methyl sites for hydroxylation is 2. The zero-order valence-electron chi connectivity index (χ0n) is 8.90. The van der Waals surface area contributed by atoms with Crippen molar-refractivity contribution in [3.8, 4) is 0 Å². The van der Waals surface area contributed by atoms with E-state index in [-0.39, 0.29) is 0 Å². The Kier molecular flexibility index (Phi) is 3.62. The molecule has 0 N–H and O–H groups in total. The number of hydrogen-bond donors (Lipinski definition) is 0. The second kappa shape index (κ2) is 4.54. The molecule has 78 valence electrons. The summed E-state index contributed by atoms with van der Waals surface area (Å²) in [6.45, 7) is 6.06. The fourth-order valence-corrected chi connectivity index (χ4v) is 1.40. The topological polar surface area (TPSA) is 0 Å². The van der Waals surface area contributed by atoms with Crippen molar-refractivity contribution >= 4 is 0 Å². The minimum atomic E-state index is -0.754. The normalized spacial score (nSPS) is 11.0. The minimum Gasteiger partial charge on any atom is -0.204 e. The predicted octanol–water partition coefficient (Wildman–Crippen LogP) is 3.86. The molecule has 2 heteroatoms. The Morgan fingerprint density at radius 1 is 1.14 bits per heavy atom. The van der Waals surface area contributed by atoms with E-state index in [0.29, 0.717) is 5.92 Å². The molecule has 1 aromatic carbocycles. The highest BCUT2D eigenvalue weighted by Gasteiger charge is 2.07. The summed E-state index contributed by atoms with van der Waals surface area (Å²) in [5, 5.41) is 0. The van der Waals surface area contributed by atoms with Crippen LogP contribution in [-0.2, 0) is 6.42 Å². The van der Waals surface area contributed by atoms with E-state index >= 15 is 0 Å². The van der Waals surface area contributed by atoms with Gasteiger partial charge in [0.2, 0.25) is 0 Å². The summed E-state index contributed by atoms with van der Waals surface area (Å²) in [5.74, 6) is -0.910. The van der Waals surface area contributed by atoms with Gasteiger partial charge < -0.3 is 0 Å². The number of hydrogen-bond acceptors (Lipinski definition) is 0. The Labute approximate surface area is 84.0 Å². The lowest BCUT2D eigenvalue weighted by molar-refractivity contribution is 0.504. The van der Waals surface area contributed by atoms with Crippen molar-refractivity contribution in [1.29, 1.82) is 0 Å². The van der Waals surface area contributed by atoms with Crippen LogP contribution in [0.2, 0.25) is 0 Å². The summed E-state index contributed by atoms with van der Waals surface area (Å²) in [6.07, 6.45) is 1.83. The summed E-state index contributed by atoms with van der Waals surface area (Å²) < 4.78 is 25.7. The molecule has 0 nitrogen and oxygen atoms in total. The minimum absolute atomic E-state index is 0.586. The molecule has 0 unspecified atom stereocenters. The molecular weight excluding hydrogens is 182 g/mol. The molecule has 0 aromatic heterocycles. The van der Waals surface area contributed by atoms with Crippen LogP contribution in [-0.4, -0.2) is 0 Å². The molecule has 0 bridgehead atoms. The molecule has 0 aliphatic heterocycles. The van der Waals surface area contributed by atoms with Crippen molar-refractivity contribution in [2.24, 2.45) is 5.92 Å². The van der Waals surface area contributed by atoms with Crippen molar-refractivity contribution in [3.05, 3.63) is 34.9 Å². The molecule has 0 atom stereocenters. The van der Waals surface area contributed by atoms with Crippen LogP contribution < -0.4 is 0 Å². The molecule has 1 rings (SSSR count). The standard InChI is InChI=1S/C12H16F2/c1-8(2)4-5-10-7-12(14)11(13)6-9(10)3/h6-8H,4-5H2,1-3H3.